The molecule has 1 N–H and O–H groups in total. The Bertz CT molecular complexity index is 502. The summed E-state index contributed by atoms with van der Waals surface area (Å²) in [6, 6.07) is 6.45. The quantitative estimate of drug-likeness (QED) is 0.857. The van der Waals surface area contributed by atoms with Crippen molar-refractivity contribution in [1.29, 1.82) is 0 Å². The summed E-state index contributed by atoms with van der Waals surface area (Å²) in [5.41, 5.74) is 0.651. The van der Waals surface area contributed by atoms with Gasteiger partial charge in [-0.25, -0.2) is 0 Å². The number of ketones is 1. The Morgan fingerprint density at radius 1 is 1.15 bits per heavy atom. The van der Waals surface area contributed by atoms with Gasteiger partial charge >= 0.3 is 0 Å². The van der Waals surface area contributed by atoms with Crippen LogP contribution in [0.3, 0.4) is 0 Å². The van der Waals surface area contributed by atoms with Gasteiger partial charge in [-0.2, -0.15) is 0 Å². The first-order valence-electron chi connectivity index (χ1n) is 7.23. The zero-order valence-electron chi connectivity index (χ0n) is 12.0. The van der Waals surface area contributed by atoms with Gasteiger partial charge < -0.3 is 14.8 Å². The van der Waals surface area contributed by atoms with Crippen LogP contribution in [0.4, 0.5) is 0 Å². The minimum Gasteiger partial charge on any atom is -0.497 e. The van der Waals surface area contributed by atoms with Crippen LogP contribution in [0.5, 0.6) is 11.5 Å². The number of rotatable bonds is 4. The SMILES string of the molecule is COc1ccc(OC)c(C(=O)C2CC3CCC(C2)N3)c1. The number of carbonyl (C=O) groups is 1. The number of piperidine rings is 1. The number of fused-ring (bicyclic) bond motifs is 2. The van der Waals surface area contributed by atoms with E-state index in [1.54, 1.807) is 20.3 Å². The van der Waals surface area contributed by atoms with Gasteiger partial charge in [0.25, 0.3) is 0 Å². The Balaban J connectivity index is 1.86. The molecule has 2 heterocycles. The summed E-state index contributed by atoms with van der Waals surface area (Å²) < 4.78 is 10.6. The molecule has 2 aliphatic rings. The third-order valence-corrected chi connectivity index (χ3v) is 4.52. The predicted molar refractivity (Wildman–Crippen MR) is 76.5 cm³/mol. The number of Topliss-reactive ketones (excluding diaryl/α,β-unsaturated/α-hetero) is 1. The summed E-state index contributed by atoms with van der Waals surface area (Å²) in [5.74, 6) is 1.64. The molecule has 0 amide bonds. The smallest absolute Gasteiger partial charge is 0.169 e. The number of methoxy groups -OCH3 is 2. The lowest BCUT2D eigenvalue weighted by Gasteiger charge is -2.28. The zero-order valence-corrected chi connectivity index (χ0v) is 12.0. The molecule has 4 nitrogen and oxygen atoms in total. The molecule has 0 aliphatic carbocycles. The molecular formula is C16H21NO3. The molecule has 2 atom stereocenters. The molecule has 20 heavy (non-hydrogen) atoms. The second-order valence-corrected chi connectivity index (χ2v) is 5.74. The highest BCUT2D eigenvalue weighted by Gasteiger charge is 2.37. The van der Waals surface area contributed by atoms with Crippen molar-refractivity contribution in [3.63, 3.8) is 0 Å². The van der Waals surface area contributed by atoms with Crippen LogP contribution in [0.1, 0.15) is 36.0 Å². The van der Waals surface area contributed by atoms with Gasteiger partial charge in [0.05, 0.1) is 19.8 Å². The number of hydrogen-bond acceptors (Lipinski definition) is 4. The Labute approximate surface area is 119 Å². The van der Waals surface area contributed by atoms with Gasteiger partial charge in [0.2, 0.25) is 0 Å². The topological polar surface area (TPSA) is 47.6 Å². The summed E-state index contributed by atoms with van der Waals surface area (Å²) in [5, 5.41) is 3.57. The van der Waals surface area contributed by atoms with Gasteiger partial charge in [-0.05, 0) is 43.9 Å². The molecule has 2 saturated heterocycles. The highest BCUT2D eigenvalue weighted by atomic mass is 16.5. The predicted octanol–water partition coefficient (Wildman–Crippen LogP) is 2.42. The lowest BCUT2D eigenvalue weighted by Crippen LogP contribution is -2.40. The molecule has 0 spiro atoms. The van der Waals surface area contributed by atoms with Crippen LogP contribution in [0.15, 0.2) is 18.2 Å². The summed E-state index contributed by atoms with van der Waals surface area (Å²) in [7, 11) is 3.21. The highest BCUT2D eigenvalue weighted by molar-refractivity contribution is 6.00. The Morgan fingerprint density at radius 2 is 1.85 bits per heavy atom. The van der Waals surface area contributed by atoms with Gasteiger partial charge in [0.1, 0.15) is 11.5 Å². The van der Waals surface area contributed by atoms with Crippen LogP contribution in [-0.2, 0) is 0 Å². The first-order chi connectivity index (χ1) is 9.71. The first-order valence-corrected chi connectivity index (χ1v) is 7.23. The van der Waals surface area contributed by atoms with Crippen LogP contribution in [0, 0.1) is 5.92 Å². The van der Waals surface area contributed by atoms with Crippen LogP contribution in [0.25, 0.3) is 0 Å². The van der Waals surface area contributed by atoms with Crippen molar-refractivity contribution in [2.75, 3.05) is 14.2 Å². The van der Waals surface area contributed by atoms with Crippen LogP contribution >= 0.6 is 0 Å². The maximum atomic E-state index is 12.8. The van der Waals surface area contributed by atoms with Crippen molar-refractivity contribution in [3.8, 4) is 11.5 Å². The number of hydrogen-bond donors (Lipinski definition) is 1. The lowest BCUT2D eigenvalue weighted by atomic mass is 9.85. The minimum absolute atomic E-state index is 0.106. The second kappa shape index (κ2) is 5.44. The number of benzene rings is 1. The molecular weight excluding hydrogens is 254 g/mol. The van der Waals surface area contributed by atoms with Crippen molar-refractivity contribution < 1.29 is 14.3 Å². The van der Waals surface area contributed by atoms with Crippen LogP contribution in [0.2, 0.25) is 0 Å². The highest BCUT2D eigenvalue weighted by Crippen LogP contribution is 2.35. The molecule has 1 aromatic rings. The standard InChI is InChI=1S/C16H21NO3/c1-19-13-5-6-15(20-2)14(9-13)16(18)10-7-11-3-4-12(8-10)17-11/h5-6,9-12,17H,3-4,7-8H2,1-2H3. The van der Waals surface area contributed by atoms with Crippen molar-refractivity contribution >= 4 is 5.78 Å². The van der Waals surface area contributed by atoms with E-state index in [1.165, 1.54) is 12.8 Å². The van der Waals surface area contributed by atoms with Crippen molar-refractivity contribution in [1.82, 2.24) is 5.32 Å². The summed E-state index contributed by atoms with van der Waals surface area (Å²) in [6.07, 6.45) is 4.28. The molecule has 2 unspecified atom stereocenters. The van der Waals surface area contributed by atoms with E-state index < -0.39 is 0 Å². The normalized spacial score (nSPS) is 28.2. The average molecular weight is 275 g/mol. The van der Waals surface area contributed by atoms with E-state index in [-0.39, 0.29) is 11.7 Å². The lowest BCUT2D eigenvalue weighted by molar-refractivity contribution is 0.0872. The number of carbonyl (C=O) groups excluding carboxylic acids is 1. The van der Waals surface area contributed by atoms with E-state index >= 15 is 0 Å². The van der Waals surface area contributed by atoms with Gasteiger partial charge in [-0.15, -0.1) is 0 Å². The van der Waals surface area contributed by atoms with Crippen LogP contribution < -0.4 is 14.8 Å². The zero-order chi connectivity index (χ0) is 14.1. The van der Waals surface area contributed by atoms with E-state index in [0.29, 0.717) is 29.1 Å². The van der Waals surface area contributed by atoms with Crippen molar-refractivity contribution in [2.24, 2.45) is 5.92 Å². The molecule has 0 saturated carbocycles. The summed E-state index contributed by atoms with van der Waals surface area (Å²) >= 11 is 0. The fourth-order valence-corrected chi connectivity index (χ4v) is 3.50. The maximum absolute atomic E-state index is 12.8. The molecule has 2 aliphatic heterocycles. The fourth-order valence-electron chi connectivity index (χ4n) is 3.50. The molecule has 2 fully saturated rings. The van der Waals surface area contributed by atoms with E-state index in [9.17, 15) is 4.79 Å². The van der Waals surface area contributed by atoms with Gasteiger partial charge in [0.15, 0.2) is 5.78 Å². The molecule has 0 radical (unpaired) electrons. The molecule has 1 aromatic carbocycles. The molecule has 3 rings (SSSR count). The average Bonchev–Trinajstić information content (AvgIpc) is 2.84. The molecule has 4 heteroatoms. The fraction of sp³-hybridized carbons (Fsp3) is 0.562. The van der Waals surface area contributed by atoms with E-state index in [1.807, 2.05) is 12.1 Å². The van der Waals surface area contributed by atoms with E-state index in [0.717, 1.165) is 12.8 Å². The molecule has 2 bridgehead atoms. The third kappa shape index (κ3) is 2.40. The monoisotopic (exact) mass is 275 g/mol. The summed E-state index contributed by atoms with van der Waals surface area (Å²) in [6.45, 7) is 0. The second-order valence-electron chi connectivity index (χ2n) is 5.74. The third-order valence-electron chi connectivity index (χ3n) is 4.52. The molecule has 0 aromatic heterocycles. The van der Waals surface area contributed by atoms with Gasteiger partial charge in [-0.1, -0.05) is 0 Å². The molecule has 108 valence electrons. The van der Waals surface area contributed by atoms with E-state index in [2.05, 4.69) is 5.32 Å². The van der Waals surface area contributed by atoms with Gasteiger partial charge in [-0.3, -0.25) is 4.79 Å². The minimum atomic E-state index is 0.106. The van der Waals surface area contributed by atoms with Gasteiger partial charge in [0, 0.05) is 18.0 Å². The Kier molecular flexibility index (Phi) is 3.66. The Hall–Kier alpha value is -1.55. The van der Waals surface area contributed by atoms with Crippen LogP contribution in [-0.4, -0.2) is 32.1 Å². The summed E-state index contributed by atoms with van der Waals surface area (Å²) in [4.78, 5) is 12.8. The van der Waals surface area contributed by atoms with Crippen molar-refractivity contribution in [3.05, 3.63) is 23.8 Å². The maximum Gasteiger partial charge on any atom is 0.169 e. The number of ether oxygens (including phenoxy) is 2. The number of nitrogens with one attached hydrogen (secondary N) is 1. The van der Waals surface area contributed by atoms with Crippen molar-refractivity contribution in [2.45, 2.75) is 37.8 Å². The first kappa shape index (κ1) is 13.4. The largest absolute Gasteiger partial charge is 0.497 e. The Morgan fingerprint density at radius 3 is 2.45 bits per heavy atom. The van der Waals surface area contributed by atoms with E-state index in [4.69, 9.17) is 9.47 Å².